The van der Waals surface area contributed by atoms with E-state index in [2.05, 4.69) is 36.6 Å². The fourth-order valence-corrected chi connectivity index (χ4v) is 12.7. The van der Waals surface area contributed by atoms with Crippen molar-refractivity contribution in [1.29, 1.82) is 0 Å². The molecule has 7 N–H and O–H groups in total. The van der Waals surface area contributed by atoms with E-state index >= 15 is 0 Å². The lowest BCUT2D eigenvalue weighted by Crippen LogP contribution is -2.31. The van der Waals surface area contributed by atoms with Gasteiger partial charge in [-0.1, -0.05) is 30.3 Å². The number of allylic oxidation sites excluding steroid dienone is 3. The Morgan fingerprint density at radius 1 is 0.455 bits per heavy atom. The van der Waals surface area contributed by atoms with Crippen LogP contribution in [0.2, 0.25) is 0 Å². The molecule has 1 unspecified atom stereocenters. The summed E-state index contributed by atoms with van der Waals surface area (Å²) in [6.45, 7) is 1.84. The van der Waals surface area contributed by atoms with Crippen molar-refractivity contribution in [1.82, 2.24) is 15.3 Å². The number of carbonyl (C=O) groups is 4. The Kier molecular flexibility index (Phi) is 16.4. The fourth-order valence-electron chi connectivity index (χ4n) is 12.7. The standard InChI is InChI=1S/C68H68N8O12/c1-81-49-17-7-18-50(82-2)63(49)61-45-29-25-41(69-45)59(57-37(73-65(77)53-21-9-33-85-53)13-5-14-38(57)74-66(78)54-22-10-34-86-54)43-27-31-47(71-43)62(64-51(83-3)19-8-20-52(64)84-4)48-32-28-44(72-48)60(42-26-30-46(61)70-42)58-39(75-67(79)55-23-11-35-87-55)15-6-16-40(58)76-68(80)56-24-12-36-88-56/h5-8,13-20,25-32,45,53-56,69-71H,9-12,21-24,33-36H2,1-4H3,(H,73,77)(H,74,78)(H,75,79)(H,76,80)/b59-41+,60-42+,61-46+,62-48+/t45?,53-,54-,55-,56-/m0/s1. The summed E-state index contributed by atoms with van der Waals surface area (Å²) in [5.74, 6) is 0.720. The van der Waals surface area contributed by atoms with Crippen LogP contribution in [0.15, 0.2) is 138 Å². The molecule has 4 amide bonds. The van der Waals surface area contributed by atoms with E-state index in [9.17, 15) is 19.2 Å². The Balaban J connectivity index is 1.12. The van der Waals surface area contributed by atoms with Crippen LogP contribution in [0.1, 0.15) is 85.0 Å². The highest BCUT2D eigenvalue weighted by molar-refractivity contribution is 6.33. The number of amides is 4. The van der Waals surface area contributed by atoms with Crippen molar-refractivity contribution in [2.45, 2.75) is 81.8 Å². The molecule has 6 aromatic rings. The number of hydrogen-bond acceptors (Lipinski definition) is 14. The molecule has 0 saturated carbocycles. The van der Waals surface area contributed by atoms with Crippen molar-refractivity contribution < 1.29 is 57.1 Å². The van der Waals surface area contributed by atoms with Crippen molar-refractivity contribution in [3.63, 3.8) is 0 Å². The molecule has 7 aliphatic rings. The van der Waals surface area contributed by atoms with Gasteiger partial charge in [0.05, 0.1) is 79.8 Å². The smallest absolute Gasteiger partial charge is 0.253 e. The third-order valence-corrected chi connectivity index (χ3v) is 16.9. The predicted octanol–water partition coefficient (Wildman–Crippen LogP) is 8.02. The fraction of sp³-hybridized carbons (Fsp3) is 0.309. The Morgan fingerprint density at radius 2 is 0.875 bits per heavy atom. The topological polar surface area (TPSA) is 246 Å². The van der Waals surface area contributed by atoms with E-state index in [1.807, 2.05) is 109 Å². The third-order valence-electron chi connectivity index (χ3n) is 16.9. The summed E-state index contributed by atoms with van der Waals surface area (Å²) in [4.78, 5) is 70.5. The lowest BCUT2D eigenvalue weighted by molar-refractivity contribution is -0.125. The molecule has 13 rings (SSSR count). The maximum Gasteiger partial charge on any atom is 0.253 e. The average Bonchev–Trinajstić information content (AvgIpc) is 2.89. The van der Waals surface area contributed by atoms with Crippen LogP contribution in [0.25, 0.3) is 22.3 Å². The minimum atomic E-state index is -0.686. The minimum absolute atomic E-state index is 0.320. The number of H-pyrrole nitrogens is 2. The van der Waals surface area contributed by atoms with Crippen LogP contribution in [0.3, 0.4) is 0 Å². The second-order valence-corrected chi connectivity index (χ2v) is 22.2. The van der Waals surface area contributed by atoms with Gasteiger partial charge >= 0.3 is 0 Å². The van der Waals surface area contributed by atoms with Crippen LogP contribution >= 0.6 is 0 Å². The van der Waals surface area contributed by atoms with E-state index in [0.29, 0.717) is 182 Å². The van der Waals surface area contributed by atoms with E-state index in [4.69, 9.17) is 42.9 Å². The van der Waals surface area contributed by atoms with Crippen molar-refractivity contribution in [2.24, 2.45) is 4.99 Å². The highest BCUT2D eigenvalue weighted by atomic mass is 16.5. The number of benzene rings is 4. The maximum absolute atomic E-state index is 14.3. The Morgan fingerprint density at radius 3 is 1.32 bits per heavy atom. The SMILES string of the molecule is COc1cccc(OC)c1/C1=C2\C=CC(=N2)/C(c2c(NC(=O)[C@@H]3CCCO3)cccc2NC(=O)[C@@H]2CCCO2)=c2/cc/c([nH]2)=C(\c2c(OC)cccc2OC)C2C=C/C(=C(\c3c(NC(=O)[C@@H]4CCCO4)cccc3NC(=O)[C@@H]3CCCO3)c3ccc1[nH]3)N2. The number of hydrogen-bond donors (Lipinski definition) is 7. The summed E-state index contributed by atoms with van der Waals surface area (Å²) in [6, 6.07) is 29.2. The first-order valence-corrected chi connectivity index (χ1v) is 29.8. The number of fused-ring (bicyclic) bond motifs is 7. The van der Waals surface area contributed by atoms with E-state index < -0.39 is 30.5 Å². The van der Waals surface area contributed by atoms with Gasteiger partial charge in [-0.25, -0.2) is 4.99 Å². The van der Waals surface area contributed by atoms with Gasteiger partial charge in [-0.2, -0.15) is 0 Å². The molecule has 452 valence electrons. The first-order valence-electron chi connectivity index (χ1n) is 29.8. The summed E-state index contributed by atoms with van der Waals surface area (Å²) in [5.41, 5.74) is 8.93. The van der Waals surface area contributed by atoms with Crippen LogP contribution in [0.5, 0.6) is 23.0 Å². The lowest BCUT2D eigenvalue weighted by atomic mass is 9.95. The van der Waals surface area contributed by atoms with E-state index in [0.717, 1.165) is 25.7 Å². The molecule has 20 heteroatoms. The van der Waals surface area contributed by atoms with Crippen LogP contribution < -0.4 is 56.2 Å². The molecule has 8 bridgehead atoms. The second-order valence-electron chi connectivity index (χ2n) is 22.2. The Hall–Kier alpha value is -9.47. The molecule has 2 aromatic heterocycles. The Bertz CT molecular complexity index is 3910. The van der Waals surface area contributed by atoms with Crippen molar-refractivity contribution >= 4 is 74.4 Å². The largest absolute Gasteiger partial charge is 0.496 e. The number of carbonyl (C=O) groups excluding carboxylic acids is 4. The maximum atomic E-state index is 14.3. The highest BCUT2D eigenvalue weighted by Crippen LogP contribution is 2.46. The van der Waals surface area contributed by atoms with E-state index in [-0.39, 0.29) is 23.6 Å². The number of rotatable bonds is 16. The molecular formula is C68H68N8O12. The number of anilines is 4. The van der Waals surface area contributed by atoms with Gasteiger partial charge < -0.3 is 74.4 Å². The first kappa shape index (κ1) is 57.6. The van der Waals surface area contributed by atoms with Gasteiger partial charge in [0, 0.05) is 87.6 Å². The molecule has 7 aliphatic heterocycles. The minimum Gasteiger partial charge on any atom is -0.496 e. The van der Waals surface area contributed by atoms with Crippen LogP contribution in [-0.2, 0) is 38.1 Å². The predicted molar refractivity (Wildman–Crippen MR) is 333 cm³/mol. The molecule has 0 radical (unpaired) electrons. The van der Waals surface area contributed by atoms with Crippen molar-refractivity contribution in [2.75, 3.05) is 76.1 Å². The van der Waals surface area contributed by atoms with Gasteiger partial charge in [0.1, 0.15) is 47.4 Å². The average molecular weight is 1190 g/mol. The zero-order valence-electron chi connectivity index (χ0n) is 49.3. The van der Waals surface area contributed by atoms with E-state index in [1.54, 1.807) is 40.6 Å². The summed E-state index contributed by atoms with van der Waals surface area (Å²) >= 11 is 0. The number of nitrogens with zero attached hydrogens (tertiary/aromatic N) is 1. The number of ether oxygens (including phenoxy) is 8. The number of aliphatic imine (C=N–C) groups is 1. The molecule has 20 nitrogen and oxygen atoms in total. The normalized spacial score (nSPS) is 24.0. The molecular weight excluding hydrogens is 1120 g/mol. The zero-order valence-corrected chi connectivity index (χ0v) is 49.3. The van der Waals surface area contributed by atoms with Gasteiger partial charge in [0.15, 0.2) is 0 Å². The zero-order chi connectivity index (χ0) is 60.4. The van der Waals surface area contributed by atoms with Crippen molar-refractivity contribution in [3.8, 4) is 23.0 Å². The lowest BCUT2D eigenvalue weighted by Gasteiger charge is -2.24. The van der Waals surface area contributed by atoms with Gasteiger partial charge in [-0.3, -0.25) is 19.2 Å². The van der Waals surface area contributed by atoms with Crippen LogP contribution in [-0.4, -0.2) is 125 Å². The molecule has 88 heavy (non-hydrogen) atoms. The molecule has 9 heterocycles. The number of aromatic amines is 2. The summed E-state index contributed by atoms with van der Waals surface area (Å²) in [5, 5.41) is 17.9. The summed E-state index contributed by atoms with van der Waals surface area (Å²) < 4.78 is 48.4. The van der Waals surface area contributed by atoms with Gasteiger partial charge in [0.25, 0.3) is 23.6 Å². The summed E-state index contributed by atoms with van der Waals surface area (Å²) in [6.07, 6.45) is 10.3. The van der Waals surface area contributed by atoms with Crippen molar-refractivity contribution in [3.05, 3.63) is 177 Å². The number of methoxy groups -OCH3 is 4. The first-order chi connectivity index (χ1) is 43.1. The van der Waals surface area contributed by atoms with Crippen LogP contribution in [0, 0.1) is 0 Å². The molecule has 4 saturated heterocycles. The van der Waals surface area contributed by atoms with E-state index in [1.165, 1.54) is 0 Å². The highest BCUT2D eigenvalue weighted by Gasteiger charge is 2.35. The van der Waals surface area contributed by atoms with Gasteiger partial charge in [0.2, 0.25) is 0 Å². The molecule has 0 aliphatic carbocycles. The molecule has 0 spiro atoms. The molecule has 5 atom stereocenters. The van der Waals surface area contributed by atoms with Gasteiger partial charge in [-0.15, -0.1) is 0 Å². The quantitative estimate of drug-likeness (QED) is 0.0486. The van der Waals surface area contributed by atoms with Gasteiger partial charge in [-0.05, 0) is 142 Å². The monoisotopic (exact) mass is 1190 g/mol. The third kappa shape index (κ3) is 11.1. The number of aromatic nitrogens is 2. The Labute approximate surface area is 507 Å². The second kappa shape index (κ2) is 25.1. The summed E-state index contributed by atoms with van der Waals surface area (Å²) in [7, 11) is 6.41. The molecule has 4 fully saturated rings. The number of nitrogens with one attached hydrogen (secondary N) is 7. The molecule has 4 aromatic carbocycles. The van der Waals surface area contributed by atoms with Crippen LogP contribution in [0.4, 0.5) is 22.7 Å².